The molecule has 0 fully saturated rings. The summed E-state index contributed by atoms with van der Waals surface area (Å²) in [5, 5.41) is 2.61. The Morgan fingerprint density at radius 2 is 2.32 bits per heavy atom. The van der Waals surface area contributed by atoms with E-state index >= 15 is 0 Å². The molecule has 0 aliphatic carbocycles. The van der Waals surface area contributed by atoms with Gasteiger partial charge >= 0.3 is 0 Å². The third-order valence-corrected chi connectivity index (χ3v) is 2.29. The number of carbonyl (C=O) groups excluding carboxylic acids is 3. The summed E-state index contributed by atoms with van der Waals surface area (Å²) in [6, 6.07) is 3.11. The van der Waals surface area contributed by atoms with Crippen molar-refractivity contribution >= 4 is 23.9 Å². The Morgan fingerprint density at radius 3 is 2.89 bits per heavy atom. The molecule has 0 aliphatic rings. The van der Waals surface area contributed by atoms with E-state index in [0.717, 1.165) is 11.0 Å². The Morgan fingerprint density at radius 1 is 1.58 bits per heavy atom. The molecule has 6 nitrogen and oxygen atoms in total. The van der Waals surface area contributed by atoms with Gasteiger partial charge in [-0.05, 0) is 25.1 Å². The third-order valence-electron chi connectivity index (χ3n) is 2.29. The molecule has 2 amide bonds. The molecular weight excluding hydrogens is 246 g/mol. The molecule has 19 heavy (non-hydrogen) atoms. The van der Waals surface area contributed by atoms with Gasteiger partial charge in [-0.25, -0.2) is 4.98 Å². The van der Waals surface area contributed by atoms with Crippen molar-refractivity contribution < 1.29 is 14.4 Å². The third kappa shape index (κ3) is 3.48. The first-order valence-electron chi connectivity index (χ1n) is 5.67. The maximum Gasteiger partial charge on any atom is 0.255 e. The summed E-state index contributed by atoms with van der Waals surface area (Å²) in [5.41, 5.74) is 0.217. The predicted molar refractivity (Wildman–Crippen MR) is 70.5 cm³/mol. The highest BCUT2D eigenvalue weighted by atomic mass is 16.2. The lowest BCUT2D eigenvalue weighted by Gasteiger charge is -2.19. The first kappa shape index (κ1) is 14.6. The fraction of sp³-hybridized carbons (Fsp3) is 0.231. The van der Waals surface area contributed by atoms with Crippen LogP contribution in [0.25, 0.3) is 0 Å². The zero-order valence-electron chi connectivity index (χ0n) is 10.5. The smallest absolute Gasteiger partial charge is 0.255 e. The van der Waals surface area contributed by atoms with Crippen molar-refractivity contribution in [2.45, 2.75) is 6.92 Å². The van der Waals surface area contributed by atoms with Gasteiger partial charge in [0.05, 0.1) is 12.1 Å². The van der Waals surface area contributed by atoms with Crippen molar-refractivity contribution in [1.82, 2.24) is 10.3 Å². The molecule has 99 valence electrons. The van der Waals surface area contributed by atoms with Crippen molar-refractivity contribution in [2.75, 3.05) is 18.0 Å². The number of pyridine rings is 1. The van der Waals surface area contributed by atoms with Gasteiger partial charge in [0.15, 0.2) is 0 Å². The Hall–Kier alpha value is -2.50. The van der Waals surface area contributed by atoms with Gasteiger partial charge in [-0.1, -0.05) is 6.58 Å². The summed E-state index contributed by atoms with van der Waals surface area (Å²) in [5.74, 6) is -0.771. The van der Waals surface area contributed by atoms with Gasteiger partial charge in [-0.15, -0.1) is 0 Å². The van der Waals surface area contributed by atoms with Crippen LogP contribution in [0.5, 0.6) is 0 Å². The Kier molecular flexibility index (Phi) is 5.40. The molecule has 0 bridgehead atoms. The minimum Gasteiger partial charge on any atom is -0.352 e. The van der Waals surface area contributed by atoms with E-state index in [-0.39, 0.29) is 23.8 Å². The SMILES string of the molecule is C=CC(=O)N(C[C]=O)c1ncccc1C(=O)NCC. The monoisotopic (exact) mass is 260 g/mol. The lowest BCUT2D eigenvalue weighted by atomic mass is 10.2. The summed E-state index contributed by atoms with van der Waals surface area (Å²) < 4.78 is 0. The molecule has 0 atom stereocenters. The van der Waals surface area contributed by atoms with Crippen LogP contribution in [0.2, 0.25) is 0 Å². The second-order valence-corrected chi connectivity index (χ2v) is 3.51. The number of nitrogens with zero attached hydrogens (tertiary/aromatic N) is 2. The molecular formula is C13H14N3O3. The van der Waals surface area contributed by atoms with E-state index in [1.54, 1.807) is 19.3 Å². The molecule has 6 heteroatoms. The normalized spacial score (nSPS) is 9.53. The highest BCUT2D eigenvalue weighted by molar-refractivity contribution is 6.07. The maximum atomic E-state index is 11.9. The van der Waals surface area contributed by atoms with Crippen LogP contribution in [0.15, 0.2) is 31.0 Å². The van der Waals surface area contributed by atoms with Gasteiger partial charge < -0.3 is 5.32 Å². The quantitative estimate of drug-likeness (QED) is 0.754. The van der Waals surface area contributed by atoms with Crippen LogP contribution in [0.3, 0.4) is 0 Å². The lowest BCUT2D eigenvalue weighted by Crippen LogP contribution is -2.34. The summed E-state index contributed by atoms with van der Waals surface area (Å²) in [6.45, 7) is 5.26. The Bertz CT molecular complexity index is 500. The van der Waals surface area contributed by atoms with Crippen molar-refractivity contribution in [3.63, 3.8) is 0 Å². The van der Waals surface area contributed by atoms with Gasteiger partial charge in [-0.2, -0.15) is 0 Å². The van der Waals surface area contributed by atoms with Crippen LogP contribution in [0.1, 0.15) is 17.3 Å². The second-order valence-electron chi connectivity index (χ2n) is 3.51. The molecule has 1 N–H and O–H groups in total. The van der Waals surface area contributed by atoms with Crippen molar-refractivity contribution in [3.05, 3.63) is 36.5 Å². The summed E-state index contributed by atoms with van der Waals surface area (Å²) in [4.78, 5) is 39.1. The van der Waals surface area contributed by atoms with Crippen LogP contribution >= 0.6 is 0 Å². The number of nitrogens with one attached hydrogen (secondary N) is 1. The van der Waals surface area contributed by atoms with Gasteiger partial charge in [-0.3, -0.25) is 19.3 Å². The van der Waals surface area contributed by atoms with E-state index in [1.807, 2.05) is 0 Å². The van der Waals surface area contributed by atoms with E-state index < -0.39 is 5.91 Å². The first-order valence-corrected chi connectivity index (χ1v) is 5.67. The summed E-state index contributed by atoms with van der Waals surface area (Å²) in [7, 11) is 0. The van der Waals surface area contributed by atoms with E-state index in [2.05, 4.69) is 16.9 Å². The second kappa shape index (κ2) is 7.05. The number of carbonyl (C=O) groups is 2. The highest BCUT2D eigenvalue weighted by Crippen LogP contribution is 2.17. The standard InChI is InChI=1S/C13H14N3O3/c1-3-11(18)16(8-9-17)12-10(6-5-7-15-12)13(19)14-4-2/h3,5-7H,1,4,8H2,2H3,(H,14,19). The molecule has 0 saturated carbocycles. The number of rotatable bonds is 6. The summed E-state index contributed by atoms with van der Waals surface area (Å²) in [6.07, 6.45) is 4.10. The molecule has 0 aliphatic heterocycles. The molecule has 1 rings (SSSR count). The van der Waals surface area contributed by atoms with Crippen molar-refractivity contribution in [1.29, 1.82) is 0 Å². The van der Waals surface area contributed by atoms with E-state index in [0.29, 0.717) is 6.54 Å². The van der Waals surface area contributed by atoms with Gasteiger partial charge in [0.25, 0.3) is 11.8 Å². The topological polar surface area (TPSA) is 79.4 Å². The number of aromatic nitrogens is 1. The summed E-state index contributed by atoms with van der Waals surface area (Å²) >= 11 is 0. The fourth-order valence-electron chi connectivity index (χ4n) is 1.48. The maximum absolute atomic E-state index is 11.9. The zero-order valence-corrected chi connectivity index (χ0v) is 10.5. The molecule has 1 radical (unpaired) electrons. The van der Waals surface area contributed by atoms with E-state index in [4.69, 9.17) is 0 Å². The van der Waals surface area contributed by atoms with Crippen LogP contribution in [-0.4, -0.2) is 36.2 Å². The van der Waals surface area contributed by atoms with E-state index in [1.165, 1.54) is 12.3 Å². The van der Waals surface area contributed by atoms with Gasteiger partial charge in [0.2, 0.25) is 6.29 Å². The molecule has 1 heterocycles. The predicted octanol–water partition coefficient (Wildman–Crippen LogP) is 0.460. The number of amides is 2. The van der Waals surface area contributed by atoms with Crippen LogP contribution in [0.4, 0.5) is 5.82 Å². The molecule has 1 aromatic rings. The Balaban J connectivity index is 3.22. The molecule has 0 spiro atoms. The number of anilines is 1. The van der Waals surface area contributed by atoms with E-state index in [9.17, 15) is 14.4 Å². The average Bonchev–Trinajstić information content (AvgIpc) is 2.44. The van der Waals surface area contributed by atoms with Crippen molar-refractivity contribution in [2.24, 2.45) is 0 Å². The molecule has 0 unspecified atom stereocenters. The van der Waals surface area contributed by atoms with Crippen LogP contribution < -0.4 is 10.2 Å². The number of hydrogen-bond donors (Lipinski definition) is 1. The largest absolute Gasteiger partial charge is 0.352 e. The average molecular weight is 260 g/mol. The first-order chi connectivity index (χ1) is 9.15. The van der Waals surface area contributed by atoms with Gasteiger partial charge in [0, 0.05) is 12.7 Å². The molecule has 1 aromatic heterocycles. The van der Waals surface area contributed by atoms with Crippen LogP contribution in [0, 0.1) is 0 Å². The minimum atomic E-state index is -0.521. The molecule has 0 aromatic carbocycles. The molecule has 0 saturated heterocycles. The zero-order chi connectivity index (χ0) is 14.3. The lowest BCUT2D eigenvalue weighted by molar-refractivity contribution is -0.114. The van der Waals surface area contributed by atoms with Gasteiger partial charge in [0.1, 0.15) is 5.82 Å². The highest BCUT2D eigenvalue weighted by Gasteiger charge is 2.20. The van der Waals surface area contributed by atoms with Crippen molar-refractivity contribution in [3.8, 4) is 0 Å². The van der Waals surface area contributed by atoms with Crippen LogP contribution in [-0.2, 0) is 9.59 Å². The minimum absolute atomic E-state index is 0.113. The fourth-order valence-corrected chi connectivity index (χ4v) is 1.48. The Labute approximate surface area is 111 Å². The number of hydrogen-bond acceptors (Lipinski definition) is 4.